The lowest BCUT2D eigenvalue weighted by Crippen LogP contribution is -2.31. The van der Waals surface area contributed by atoms with Gasteiger partial charge in [0.15, 0.2) is 6.61 Å². The van der Waals surface area contributed by atoms with E-state index in [1.54, 1.807) is 6.07 Å². The Morgan fingerprint density at radius 3 is 2.44 bits per heavy atom. The SMILES string of the molecule is Cc1cc(C(=O)COC(=O)CNC(=O)c2ccc(Cl)cc2Cl)c(C)s1. The molecular weight excluding hydrogens is 385 g/mol. The topological polar surface area (TPSA) is 72.5 Å². The predicted octanol–water partition coefficient (Wildman–Crippen LogP) is 3.83. The van der Waals surface area contributed by atoms with E-state index in [0.29, 0.717) is 10.6 Å². The number of benzene rings is 1. The second-order valence-corrected chi connectivity index (χ2v) is 7.52. The summed E-state index contributed by atoms with van der Waals surface area (Å²) >= 11 is 13.2. The molecule has 2 aromatic rings. The molecule has 0 aliphatic carbocycles. The zero-order valence-electron chi connectivity index (χ0n) is 13.5. The van der Waals surface area contributed by atoms with Crippen LogP contribution in [0.1, 0.15) is 30.5 Å². The van der Waals surface area contributed by atoms with Crippen LogP contribution in [0.2, 0.25) is 10.0 Å². The van der Waals surface area contributed by atoms with Crippen LogP contribution in [0.3, 0.4) is 0 Å². The number of thiophene rings is 1. The van der Waals surface area contributed by atoms with E-state index in [9.17, 15) is 14.4 Å². The quantitative estimate of drug-likeness (QED) is 0.591. The Morgan fingerprint density at radius 1 is 1.12 bits per heavy atom. The number of amides is 1. The molecule has 1 aromatic heterocycles. The maximum atomic E-state index is 12.0. The largest absolute Gasteiger partial charge is 0.456 e. The van der Waals surface area contributed by atoms with Crippen molar-refractivity contribution in [2.75, 3.05) is 13.2 Å². The second kappa shape index (κ2) is 8.47. The third-order valence-electron chi connectivity index (χ3n) is 3.27. The number of Topliss-reactive ketones (excluding diaryl/α,β-unsaturated/α-hetero) is 1. The molecule has 0 fully saturated rings. The molecule has 0 saturated heterocycles. The van der Waals surface area contributed by atoms with Gasteiger partial charge in [-0.25, -0.2) is 0 Å². The smallest absolute Gasteiger partial charge is 0.325 e. The number of carbonyl (C=O) groups is 3. The third kappa shape index (κ3) is 5.29. The number of carbonyl (C=O) groups excluding carboxylic acids is 3. The summed E-state index contributed by atoms with van der Waals surface area (Å²) in [6, 6.07) is 6.17. The van der Waals surface area contributed by atoms with Crippen molar-refractivity contribution < 1.29 is 19.1 Å². The summed E-state index contributed by atoms with van der Waals surface area (Å²) in [5.41, 5.74) is 0.742. The molecule has 1 heterocycles. The summed E-state index contributed by atoms with van der Waals surface area (Å²) < 4.78 is 4.91. The van der Waals surface area contributed by atoms with Crippen LogP contribution in [0.5, 0.6) is 0 Å². The number of rotatable bonds is 6. The van der Waals surface area contributed by atoms with Gasteiger partial charge in [0.2, 0.25) is 5.78 Å². The Bertz CT molecular complexity index is 832. The lowest BCUT2D eigenvalue weighted by atomic mass is 10.2. The lowest BCUT2D eigenvalue weighted by Gasteiger charge is -2.07. The third-order valence-corrected chi connectivity index (χ3v) is 4.79. The normalized spacial score (nSPS) is 10.4. The average molecular weight is 400 g/mol. The molecule has 0 unspecified atom stereocenters. The minimum absolute atomic E-state index is 0.178. The van der Waals surface area contributed by atoms with E-state index in [1.165, 1.54) is 29.5 Å². The molecule has 1 aromatic carbocycles. The summed E-state index contributed by atoms with van der Waals surface area (Å²) in [5.74, 6) is -1.52. The first-order valence-electron chi connectivity index (χ1n) is 7.27. The van der Waals surface area contributed by atoms with Gasteiger partial charge in [0.05, 0.1) is 10.6 Å². The highest BCUT2D eigenvalue weighted by Crippen LogP contribution is 2.21. The molecule has 0 aliphatic heterocycles. The maximum Gasteiger partial charge on any atom is 0.325 e. The molecule has 132 valence electrons. The predicted molar refractivity (Wildman–Crippen MR) is 97.9 cm³/mol. The standard InChI is InChI=1S/C17H15Cl2NO4S/c1-9-5-13(10(2)25-9)15(21)8-24-16(22)7-20-17(23)12-4-3-11(18)6-14(12)19/h3-6H,7-8H2,1-2H3,(H,20,23). The van der Waals surface area contributed by atoms with Crippen molar-refractivity contribution in [3.05, 3.63) is 55.2 Å². The number of nitrogens with one attached hydrogen (secondary N) is 1. The molecule has 8 heteroatoms. The Balaban J connectivity index is 1.83. The van der Waals surface area contributed by atoms with Crippen LogP contribution >= 0.6 is 34.5 Å². The van der Waals surface area contributed by atoms with Crippen LogP contribution < -0.4 is 5.32 Å². The first kappa shape index (κ1) is 19.4. The molecule has 1 amide bonds. The van der Waals surface area contributed by atoms with Crippen LogP contribution in [-0.4, -0.2) is 30.8 Å². The molecule has 0 atom stereocenters. The summed E-state index contributed by atoms with van der Waals surface area (Å²) in [5, 5.41) is 2.97. The number of esters is 1. The highest BCUT2D eigenvalue weighted by Gasteiger charge is 2.16. The van der Waals surface area contributed by atoms with Gasteiger partial charge in [0, 0.05) is 20.3 Å². The van der Waals surface area contributed by atoms with Gasteiger partial charge in [0.25, 0.3) is 5.91 Å². The lowest BCUT2D eigenvalue weighted by molar-refractivity contribution is -0.141. The fourth-order valence-electron chi connectivity index (χ4n) is 2.10. The molecule has 0 saturated carbocycles. The van der Waals surface area contributed by atoms with Crippen molar-refractivity contribution in [1.82, 2.24) is 5.32 Å². The molecule has 25 heavy (non-hydrogen) atoms. The molecule has 0 bridgehead atoms. The van der Waals surface area contributed by atoms with Gasteiger partial charge in [-0.2, -0.15) is 0 Å². The van der Waals surface area contributed by atoms with Crippen molar-refractivity contribution in [3.8, 4) is 0 Å². The summed E-state index contributed by atoms with van der Waals surface area (Å²) in [7, 11) is 0. The van der Waals surface area contributed by atoms with Gasteiger partial charge in [-0.05, 0) is 38.1 Å². The van der Waals surface area contributed by atoms with E-state index >= 15 is 0 Å². The van der Waals surface area contributed by atoms with Gasteiger partial charge < -0.3 is 10.1 Å². The van der Waals surface area contributed by atoms with E-state index in [0.717, 1.165) is 9.75 Å². The van der Waals surface area contributed by atoms with E-state index in [1.807, 2.05) is 13.8 Å². The Kier molecular flexibility index (Phi) is 6.58. The van der Waals surface area contributed by atoms with Crippen molar-refractivity contribution >= 4 is 52.2 Å². The van der Waals surface area contributed by atoms with E-state index in [4.69, 9.17) is 27.9 Å². The fourth-order valence-corrected chi connectivity index (χ4v) is 3.54. The zero-order valence-corrected chi connectivity index (χ0v) is 15.8. The summed E-state index contributed by atoms with van der Waals surface area (Å²) in [6.07, 6.45) is 0. The molecule has 5 nitrogen and oxygen atoms in total. The van der Waals surface area contributed by atoms with Crippen LogP contribution in [0, 0.1) is 13.8 Å². The Hall–Kier alpha value is -1.89. The molecular formula is C17H15Cl2NO4S. The first-order valence-corrected chi connectivity index (χ1v) is 8.84. The number of ether oxygens (including phenoxy) is 1. The number of hydrogen-bond donors (Lipinski definition) is 1. The van der Waals surface area contributed by atoms with Crippen molar-refractivity contribution in [2.24, 2.45) is 0 Å². The minimum atomic E-state index is -0.712. The summed E-state index contributed by atoms with van der Waals surface area (Å²) in [6.45, 7) is 3.00. The van der Waals surface area contributed by atoms with Crippen molar-refractivity contribution in [1.29, 1.82) is 0 Å². The molecule has 0 radical (unpaired) electrons. The van der Waals surface area contributed by atoms with Gasteiger partial charge in [-0.3, -0.25) is 14.4 Å². The molecule has 1 N–H and O–H groups in total. The number of halogens is 2. The van der Waals surface area contributed by atoms with Gasteiger partial charge in [-0.15, -0.1) is 11.3 Å². The molecule has 0 aliphatic rings. The zero-order chi connectivity index (χ0) is 18.6. The number of ketones is 1. The Morgan fingerprint density at radius 2 is 1.84 bits per heavy atom. The highest BCUT2D eigenvalue weighted by molar-refractivity contribution is 7.12. The van der Waals surface area contributed by atoms with Gasteiger partial charge in [0.1, 0.15) is 6.54 Å². The second-order valence-electron chi connectivity index (χ2n) is 5.22. The van der Waals surface area contributed by atoms with Gasteiger partial charge >= 0.3 is 5.97 Å². The minimum Gasteiger partial charge on any atom is -0.456 e. The van der Waals surface area contributed by atoms with E-state index in [-0.39, 0.29) is 29.5 Å². The first-order chi connectivity index (χ1) is 11.8. The highest BCUT2D eigenvalue weighted by atomic mass is 35.5. The Labute approximate surface area is 158 Å². The van der Waals surface area contributed by atoms with E-state index in [2.05, 4.69) is 5.32 Å². The molecule has 2 rings (SSSR count). The maximum absolute atomic E-state index is 12.0. The number of aryl methyl sites for hydroxylation is 2. The van der Waals surface area contributed by atoms with Crippen molar-refractivity contribution in [3.63, 3.8) is 0 Å². The summed E-state index contributed by atoms with van der Waals surface area (Å²) in [4.78, 5) is 37.6. The van der Waals surface area contributed by atoms with E-state index < -0.39 is 11.9 Å². The van der Waals surface area contributed by atoms with Crippen LogP contribution in [-0.2, 0) is 9.53 Å². The van der Waals surface area contributed by atoms with Crippen LogP contribution in [0.25, 0.3) is 0 Å². The van der Waals surface area contributed by atoms with Crippen molar-refractivity contribution in [2.45, 2.75) is 13.8 Å². The molecule has 0 spiro atoms. The van der Waals surface area contributed by atoms with Gasteiger partial charge in [-0.1, -0.05) is 23.2 Å². The van der Waals surface area contributed by atoms with Crippen LogP contribution in [0.15, 0.2) is 24.3 Å². The monoisotopic (exact) mass is 399 g/mol. The average Bonchev–Trinajstić information content (AvgIpc) is 2.88. The number of hydrogen-bond acceptors (Lipinski definition) is 5. The van der Waals surface area contributed by atoms with Crippen LogP contribution in [0.4, 0.5) is 0 Å². The fraction of sp³-hybridized carbons (Fsp3) is 0.235.